The standard InChI is InChI=1S/C18H17N5O2/c24-17(11-23-18(25)7-6-16(22-23)12-4-5-12)20-14-3-1-2-13(10-14)15-8-9-19-21-15/h1-3,6-10,12H,4-5,11H2,(H,19,21)(H,20,24). The number of hydrogen-bond donors (Lipinski definition) is 2. The SMILES string of the molecule is O=C(Cn1nc(C2CC2)ccc1=O)Nc1cccc(-c2ccn[nH]2)c1. The van der Waals surface area contributed by atoms with Gasteiger partial charge in [0.1, 0.15) is 6.54 Å². The fourth-order valence-electron chi connectivity index (χ4n) is 2.69. The first-order valence-corrected chi connectivity index (χ1v) is 8.17. The van der Waals surface area contributed by atoms with E-state index in [2.05, 4.69) is 20.6 Å². The number of hydrogen-bond acceptors (Lipinski definition) is 4. The van der Waals surface area contributed by atoms with Crippen LogP contribution < -0.4 is 10.9 Å². The Hall–Kier alpha value is -3.22. The van der Waals surface area contributed by atoms with E-state index in [0.29, 0.717) is 11.6 Å². The summed E-state index contributed by atoms with van der Waals surface area (Å²) < 4.78 is 1.22. The van der Waals surface area contributed by atoms with Crippen molar-refractivity contribution in [1.29, 1.82) is 0 Å². The summed E-state index contributed by atoms with van der Waals surface area (Å²) in [4.78, 5) is 24.2. The molecule has 0 saturated heterocycles. The van der Waals surface area contributed by atoms with Crippen molar-refractivity contribution in [1.82, 2.24) is 20.0 Å². The molecule has 126 valence electrons. The van der Waals surface area contributed by atoms with Crippen LogP contribution >= 0.6 is 0 Å². The van der Waals surface area contributed by atoms with E-state index in [1.54, 1.807) is 18.3 Å². The third-order valence-electron chi connectivity index (χ3n) is 4.13. The molecule has 3 aromatic rings. The molecular formula is C18H17N5O2. The largest absolute Gasteiger partial charge is 0.324 e. The second-order valence-electron chi connectivity index (χ2n) is 6.13. The monoisotopic (exact) mass is 335 g/mol. The zero-order valence-electron chi connectivity index (χ0n) is 13.5. The molecule has 7 heteroatoms. The maximum Gasteiger partial charge on any atom is 0.267 e. The average Bonchev–Trinajstić information content (AvgIpc) is 3.31. The number of benzene rings is 1. The maximum absolute atomic E-state index is 12.3. The van der Waals surface area contributed by atoms with Gasteiger partial charge in [-0.1, -0.05) is 12.1 Å². The summed E-state index contributed by atoms with van der Waals surface area (Å²) in [5.41, 5.74) is 3.05. The lowest BCUT2D eigenvalue weighted by molar-refractivity contribution is -0.117. The van der Waals surface area contributed by atoms with Crippen LogP contribution in [0.4, 0.5) is 5.69 Å². The van der Waals surface area contributed by atoms with Crippen LogP contribution in [0.2, 0.25) is 0 Å². The molecule has 0 bridgehead atoms. The molecule has 1 saturated carbocycles. The lowest BCUT2D eigenvalue weighted by Gasteiger charge is -2.09. The van der Waals surface area contributed by atoms with E-state index >= 15 is 0 Å². The molecular weight excluding hydrogens is 318 g/mol. The number of aromatic nitrogens is 4. The molecule has 2 N–H and O–H groups in total. The Balaban J connectivity index is 1.48. The highest BCUT2D eigenvalue weighted by Crippen LogP contribution is 2.38. The van der Waals surface area contributed by atoms with Crippen molar-refractivity contribution in [2.45, 2.75) is 25.3 Å². The number of nitrogens with zero attached hydrogens (tertiary/aromatic N) is 3. The lowest BCUT2D eigenvalue weighted by Crippen LogP contribution is -2.29. The second-order valence-corrected chi connectivity index (χ2v) is 6.13. The summed E-state index contributed by atoms with van der Waals surface area (Å²) in [7, 11) is 0. The Kier molecular flexibility index (Phi) is 3.89. The molecule has 0 radical (unpaired) electrons. The van der Waals surface area contributed by atoms with Gasteiger partial charge < -0.3 is 5.32 Å². The summed E-state index contributed by atoms with van der Waals surface area (Å²) >= 11 is 0. The van der Waals surface area contributed by atoms with Gasteiger partial charge >= 0.3 is 0 Å². The first kappa shape index (κ1) is 15.3. The quantitative estimate of drug-likeness (QED) is 0.747. The highest BCUT2D eigenvalue weighted by molar-refractivity contribution is 5.91. The molecule has 1 aliphatic rings. The van der Waals surface area contributed by atoms with E-state index in [9.17, 15) is 9.59 Å². The Morgan fingerprint density at radius 1 is 1.24 bits per heavy atom. The van der Waals surface area contributed by atoms with Crippen LogP contribution in [-0.4, -0.2) is 25.9 Å². The van der Waals surface area contributed by atoms with Crippen molar-refractivity contribution in [3.63, 3.8) is 0 Å². The lowest BCUT2D eigenvalue weighted by atomic mass is 10.1. The van der Waals surface area contributed by atoms with Crippen molar-refractivity contribution in [3.05, 3.63) is 64.7 Å². The molecule has 0 unspecified atom stereocenters. The van der Waals surface area contributed by atoms with Crippen LogP contribution in [0.15, 0.2) is 53.5 Å². The van der Waals surface area contributed by atoms with Gasteiger partial charge in [-0.15, -0.1) is 0 Å². The van der Waals surface area contributed by atoms with Gasteiger partial charge in [-0.05, 0) is 37.1 Å². The van der Waals surface area contributed by atoms with Gasteiger partial charge in [-0.2, -0.15) is 10.2 Å². The third-order valence-corrected chi connectivity index (χ3v) is 4.13. The molecule has 1 fully saturated rings. The van der Waals surface area contributed by atoms with Crippen LogP contribution in [0.1, 0.15) is 24.5 Å². The Labute approximate surface area is 143 Å². The van der Waals surface area contributed by atoms with Gasteiger partial charge in [-0.25, -0.2) is 4.68 Å². The van der Waals surface area contributed by atoms with Crippen LogP contribution in [0.3, 0.4) is 0 Å². The van der Waals surface area contributed by atoms with Crippen molar-refractivity contribution < 1.29 is 4.79 Å². The van der Waals surface area contributed by atoms with Gasteiger partial charge in [-0.3, -0.25) is 14.7 Å². The number of H-pyrrole nitrogens is 1. The molecule has 7 nitrogen and oxygen atoms in total. The van der Waals surface area contributed by atoms with Crippen molar-refractivity contribution in [2.24, 2.45) is 0 Å². The smallest absolute Gasteiger partial charge is 0.267 e. The minimum atomic E-state index is -0.288. The van der Waals surface area contributed by atoms with Crippen LogP contribution in [0.5, 0.6) is 0 Å². The minimum absolute atomic E-state index is 0.103. The molecule has 4 rings (SSSR count). The summed E-state index contributed by atoms with van der Waals surface area (Å²) in [5.74, 6) is 0.144. The van der Waals surface area contributed by atoms with Gasteiger partial charge in [0.25, 0.3) is 5.56 Å². The van der Waals surface area contributed by atoms with E-state index in [1.807, 2.05) is 24.3 Å². The fourth-order valence-corrected chi connectivity index (χ4v) is 2.69. The normalized spacial score (nSPS) is 13.6. The molecule has 2 aromatic heterocycles. The zero-order valence-corrected chi connectivity index (χ0v) is 13.5. The van der Waals surface area contributed by atoms with E-state index in [1.165, 1.54) is 10.7 Å². The zero-order chi connectivity index (χ0) is 17.2. The third kappa shape index (κ3) is 3.50. The van der Waals surface area contributed by atoms with Gasteiger partial charge in [0, 0.05) is 29.4 Å². The molecule has 1 aliphatic carbocycles. The number of anilines is 1. The van der Waals surface area contributed by atoms with Crippen LogP contribution in [-0.2, 0) is 11.3 Å². The van der Waals surface area contributed by atoms with Crippen molar-refractivity contribution in [3.8, 4) is 11.3 Å². The van der Waals surface area contributed by atoms with E-state index in [-0.39, 0.29) is 18.0 Å². The predicted octanol–water partition coefficient (Wildman–Crippen LogP) is 2.15. The number of rotatable bonds is 5. The van der Waals surface area contributed by atoms with Crippen molar-refractivity contribution in [2.75, 3.05) is 5.32 Å². The number of amides is 1. The first-order valence-electron chi connectivity index (χ1n) is 8.17. The molecule has 2 heterocycles. The molecule has 0 atom stereocenters. The number of nitrogens with one attached hydrogen (secondary N) is 2. The van der Waals surface area contributed by atoms with E-state index < -0.39 is 0 Å². The predicted molar refractivity (Wildman–Crippen MR) is 93.1 cm³/mol. The van der Waals surface area contributed by atoms with E-state index in [4.69, 9.17) is 0 Å². The minimum Gasteiger partial charge on any atom is -0.324 e. The molecule has 0 spiro atoms. The average molecular weight is 335 g/mol. The van der Waals surface area contributed by atoms with Crippen LogP contribution in [0.25, 0.3) is 11.3 Å². The van der Waals surface area contributed by atoms with Gasteiger partial charge in [0.2, 0.25) is 5.91 Å². The second kappa shape index (κ2) is 6.35. The fraction of sp³-hybridized carbons (Fsp3) is 0.222. The maximum atomic E-state index is 12.3. The Morgan fingerprint density at radius 3 is 2.88 bits per heavy atom. The van der Waals surface area contributed by atoms with Crippen LogP contribution in [0, 0.1) is 0 Å². The van der Waals surface area contributed by atoms with Gasteiger partial charge in [0.05, 0.1) is 11.4 Å². The highest BCUT2D eigenvalue weighted by atomic mass is 16.2. The number of aromatic amines is 1. The molecule has 0 aliphatic heterocycles. The summed E-state index contributed by atoms with van der Waals surface area (Å²) in [6.07, 6.45) is 3.86. The van der Waals surface area contributed by atoms with E-state index in [0.717, 1.165) is 29.8 Å². The van der Waals surface area contributed by atoms with Crippen molar-refractivity contribution >= 4 is 11.6 Å². The molecule has 25 heavy (non-hydrogen) atoms. The first-order chi connectivity index (χ1) is 12.2. The Bertz CT molecular complexity index is 958. The summed E-state index contributed by atoms with van der Waals surface area (Å²) in [5, 5.41) is 13.9. The van der Waals surface area contributed by atoms with Gasteiger partial charge in [0.15, 0.2) is 0 Å². The molecule has 1 aromatic carbocycles. The number of carbonyl (C=O) groups is 1. The molecule has 1 amide bonds. The summed E-state index contributed by atoms with van der Waals surface area (Å²) in [6.45, 7) is -0.103. The summed E-state index contributed by atoms with van der Waals surface area (Å²) in [6, 6.07) is 12.5. The topological polar surface area (TPSA) is 92.7 Å². The Morgan fingerprint density at radius 2 is 2.12 bits per heavy atom. The number of carbonyl (C=O) groups excluding carboxylic acids is 1. The highest BCUT2D eigenvalue weighted by Gasteiger charge is 2.25.